The van der Waals surface area contributed by atoms with E-state index in [1.54, 1.807) is 6.92 Å². The molecule has 1 saturated heterocycles. The zero-order valence-corrected chi connectivity index (χ0v) is 12.8. The zero-order valence-electron chi connectivity index (χ0n) is 12.8. The molecular weight excluding hydrogens is 300 g/mol. The molecule has 0 spiro atoms. The Morgan fingerprint density at radius 3 is 2.26 bits per heavy atom. The molecule has 0 aromatic heterocycles. The highest BCUT2D eigenvalue weighted by Gasteiger charge is 2.53. The SMILES string of the molecule is CCCC(=O)OC1(CCc2ccccc2)C(=O)NC(=O)NC1=O. The second-order valence-electron chi connectivity index (χ2n) is 5.27. The van der Waals surface area contributed by atoms with Crippen molar-refractivity contribution in [2.75, 3.05) is 0 Å². The molecular formula is C16H18N2O5. The average Bonchev–Trinajstić information content (AvgIpc) is 2.51. The molecule has 0 unspecified atom stereocenters. The number of imide groups is 2. The van der Waals surface area contributed by atoms with Gasteiger partial charge in [-0.3, -0.25) is 25.0 Å². The van der Waals surface area contributed by atoms with Gasteiger partial charge in [-0.25, -0.2) is 4.79 Å². The van der Waals surface area contributed by atoms with Crippen molar-refractivity contribution in [1.82, 2.24) is 10.6 Å². The Kier molecular flexibility index (Phi) is 5.10. The maximum absolute atomic E-state index is 12.2. The van der Waals surface area contributed by atoms with Crippen molar-refractivity contribution < 1.29 is 23.9 Å². The Morgan fingerprint density at radius 2 is 1.70 bits per heavy atom. The van der Waals surface area contributed by atoms with Crippen molar-refractivity contribution in [3.63, 3.8) is 0 Å². The molecule has 0 aliphatic carbocycles. The number of ether oxygens (including phenoxy) is 1. The van der Waals surface area contributed by atoms with Gasteiger partial charge >= 0.3 is 12.0 Å². The third-order valence-corrected chi connectivity index (χ3v) is 3.54. The highest BCUT2D eigenvalue weighted by Crippen LogP contribution is 2.23. The van der Waals surface area contributed by atoms with E-state index in [-0.39, 0.29) is 12.8 Å². The molecule has 4 amide bonds. The van der Waals surface area contributed by atoms with Crippen LogP contribution in [0.15, 0.2) is 30.3 Å². The summed E-state index contributed by atoms with van der Waals surface area (Å²) in [5.74, 6) is -2.47. The minimum Gasteiger partial charge on any atom is -0.439 e. The van der Waals surface area contributed by atoms with Crippen LogP contribution in [0.2, 0.25) is 0 Å². The van der Waals surface area contributed by atoms with Crippen LogP contribution in [0.1, 0.15) is 31.7 Å². The Bertz CT molecular complexity index is 607. The summed E-state index contributed by atoms with van der Waals surface area (Å²) in [5, 5.41) is 3.99. The Hall–Kier alpha value is -2.70. The van der Waals surface area contributed by atoms with E-state index in [0.717, 1.165) is 5.56 Å². The van der Waals surface area contributed by atoms with Crippen molar-refractivity contribution in [3.8, 4) is 0 Å². The Balaban J connectivity index is 2.23. The van der Waals surface area contributed by atoms with Gasteiger partial charge in [0.2, 0.25) is 0 Å². The van der Waals surface area contributed by atoms with Gasteiger partial charge < -0.3 is 4.74 Å². The standard InChI is InChI=1S/C16H18N2O5/c1-2-6-12(19)23-16(10-9-11-7-4-3-5-8-11)13(20)17-15(22)18-14(16)21/h3-5,7-8H,2,6,9-10H2,1H3,(H2,17,18,20,21,22). The lowest BCUT2D eigenvalue weighted by Crippen LogP contribution is -2.68. The molecule has 7 nitrogen and oxygen atoms in total. The van der Waals surface area contributed by atoms with E-state index < -0.39 is 29.4 Å². The van der Waals surface area contributed by atoms with Gasteiger partial charge in [0.1, 0.15) is 0 Å². The van der Waals surface area contributed by atoms with E-state index in [0.29, 0.717) is 12.8 Å². The lowest BCUT2D eigenvalue weighted by molar-refractivity contribution is -0.176. The molecule has 23 heavy (non-hydrogen) atoms. The second kappa shape index (κ2) is 7.04. The van der Waals surface area contributed by atoms with Gasteiger partial charge in [-0.05, 0) is 18.4 Å². The molecule has 0 bridgehead atoms. The third kappa shape index (κ3) is 3.74. The molecule has 1 heterocycles. The first-order valence-electron chi connectivity index (χ1n) is 7.40. The van der Waals surface area contributed by atoms with E-state index in [1.165, 1.54) is 0 Å². The van der Waals surface area contributed by atoms with Gasteiger partial charge in [-0.2, -0.15) is 0 Å². The number of esters is 1. The number of hydrogen-bond acceptors (Lipinski definition) is 5. The average molecular weight is 318 g/mol. The van der Waals surface area contributed by atoms with Gasteiger partial charge in [0, 0.05) is 12.8 Å². The number of aryl methyl sites for hydroxylation is 1. The van der Waals surface area contributed by atoms with Crippen LogP contribution >= 0.6 is 0 Å². The molecule has 1 aliphatic rings. The number of rotatable bonds is 6. The highest BCUT2D eigenvalue weighted by molar-refractivity contribution is 6.22. The minimum absolute atomic E-state index is 0.0442. The van der Waals surface area contributed by atoms with E-state index >= 15 is 0 Å². The van der Waals surface area contributed by atoms with E-state index in [2.05, 4.69) is 0 Å². The lowest BCUT2D eigenvalue weighted by Gasteiger charge is -2.33. The van der Waals surface area contributed by atoms with Gasteiger partial charge in [-0.15, -0.1) is 0 Å². The van der Waals surface area contributed by atoms with Gasteiger partial charge in [0.25, 0.3) is 17.4 Å². The predicted octanol–water partition coefficient (Wildman–Crippen LogP) is 1.07. The number of benzene rings is 1. The summed E-state index contributed by atoms with van der Waals surface area (Å²) in [6.07, 6.45) is 0.907. The Morgan fingerprint density at radius 1 is 1.09 bits per heavy atom. The van der Waals surface area contributed by atoms with Gasteiger partial charge in [0.15, 0.2) is 0 Å². The van der Waals surface area contributed by atoms with Crippen LogP contribution in [0.4, 0.5) is 4.79 Å². The molecule has 122 valence electrons. The van der Waals surface area contributed by atoms with E-state index in [9.17, 15) is 19.2 Å². The fourth-order valence-electron chi connectivity index (χ4n) is 2.33. The molecule has 2 rings (SSSR count). The normalized spacial score (nSPS) is 16.5. The highest BCUT2D eigenvalue weighted by atomic mass is 16.6. The molecule has 1 aromatic rings. The van der Waals surface area contributed by atoms with Crippen LogP contribution in [-0.4, -0.2) is 29.4 Å². The zero-order chi connectivity index (χ0) is 16.9. The maximum Gasteiger partial charge on any atom is 0.328 e. The van der Waals surface area contributed by atoms with Gasteiger partial charge in [0.05, 0.1) is 0 Å². The number of nitrogens with one attached hydrogen (secondary N) is 2. The van der Waals surface area contributed by atoms with E-state index in [1.807, 2.05) is 41.0 Å². The number of urea groups is 1. The van der Waals surface area contributed by atoms with Crippen LogP contribution in [0.3, 0.4) is 0 Å². The molecule has 1 aliphatic heterocycles. The van der Waals surface area contributed by atoms with Crippen molar-refractivity contribution in [3.05, 3.63) is 35.9 Å². The van der Waals surface area contributed by atoms with E-state index in [4.69, 9.17) is 4.74 Å². The summed E-state index contributed by atoms with van der Waals surface area (Å²) in [7, 11) is 0. The number of carbonyl (C=O) groups is 4. The monoisotopic (exact) mass is 318 g/mol. The smallest absolute Gasteiger partial charge is 0.328 e. The summed E-state index contributed by atoms with van der Waals surface area (Å²) in [6.45, 7) is 1.78. The quantitative estimate of drug-likeness (QED) is 0.603. The van der Waals surface area contributed by atoms with Crippen molar-refractivity contribution >= 4 is 23.8 Å². The van der Waals surface area contributed by atoms with Crippen molar-refractivity contribution in [2.45, 2.75) is 38.2 Å². The fourth-order valence-corrected chi connectivity index (χ4v) is 2.33. The number of amides is 4. The molecule has 2 N–H and O–H groups in total. The first-order valence-corrected chi connectivity index (χ1v) is 7.40. The van der Waals surface area contributed by atoms with Gasteiger partial charge in [-0.1, -0.05) is 37.3 Å². The minimum atomic E-state index is -2.02. The predicted molar refractivity (Wildman–Crippen MR) is 80.2 cm³/mol. The number of hydrogen-bond donors (Lipinski definition) is 2. The molecule has 1 fully saturated rings. The molecule has 7 heteroatoms. The largest absolute Gasteiger partial charge is 0.439 e. The topological polar surface area (TPSA) is 102 Å². The van der Waals surface area contributed by atoms with Crippen molar-refractivity contribution in [2.24, 2.45) is 0 Å². The first-order chi connectivity index (χ1) is 11.0. The molecule has 0 saturated carbocycles. The number of barbiturate groups is 1. The summed E-state index contributed by atoms with van der Waals surface area (Å²) in [5.41, 5.74) is -1.13. The Labute approximate surface area is 133 Å². The number of carbonyl (C=O) groups excluding carboxylic acids is 4. The first kappa shape index (κ1) is 16.7. The molecule has 1 aromatic carbocycles. The summed E-state index contributed by atoms with van der Waals surface area (Å²) < 4.78 is 5.20. The lowest BCUT2D eigenvalue weighted by atomic mass is 9.91. The fraction of sp³-hybridized carbons (Fsp3) is 0.375. The van der Waals surface area contributed by atoms with Crippen LogP contribution in [0.25, 0.3) is 0 Å². The summed E-state index contributed by atoms with van der Waals surface area (Å²) in [4.78, 5) is 47.5. The van der Waals surface area contributed by atoms with Crippen LogP contribution in [-0.2, 0) is 25.5 Å². The summed E-state index contributed by atoms with van der Waals surface area (Å²) in [6, 6.07) is 8.27. The molecule has 0 atom stereocenters. The van der Waals surface area contributed by atoms with Crippen molar-refractivity contribution in [1.29, 1.82) is 0 Å². The van der Waals surface area contributed by atoms with Crippen LogP contribution in [0, 0.1) is 0 Å². The third-order valence-electron chi connectivity index (χ3n) is 3.54. The summed E-state index contributed by atoms with van der Waals surface area (Å²) >= 11 is 0. The maximum atomic E-state index is 12.2. The van der Waals surface area contributed by atoms with Crippen LogP contribution < -0.4 is 10.6 Å². The van der Waals surface area contributed by atoms with Crippen LogP contribution in [0.5, 0.6) is 0 Å². The second-order valence-corrected chi connectivity index (χ2v) is 5.27. The molecule has 0 radical (unpaired) electrons.